The number of aryl methyl sites for hydroxylation is 2. The van der Waals surface area contributed by atoms with E-state index in [0.717, 1.165) is 37.3 Å². The van der Waals surface area contributed by atoms with Crippen molar-refractivity contribution in [3.05, 3.63) is 99.5 Å². The second kappa shape index (κ2) is 12.4. The number of sulfonamides is 1. The zero-order valence-electron chi connectivity index (χ0n) is 21.4. The minimum atomic E-state index is -3.80. The number of anilines is 1. The number of nitrogens with zero attached hydrogens (tertiary/aromatic N) is 2. The largest absolute Gasteiger partial charge is 0.357 e. The van der Waals surface area contributed by atoms with E-state index in [9.17, 15) is 18.0 Å². The molecule has 3 aromatic carbocycles. The zero-order chi connectivity index (χ0) is 27.2. The monoisotopic (exact) mass is 585 g/mol. The lowest BCUT2D eigenvalue weighted by Gasteiger charge is -2.33. The quantitative estimate of drug-likeness (QED) is 0.386. The van der Waals surface area contributed by atoms with Crippen molar-refractivity contribution in [3.8, 4) is 0 Å². The molecule has 0 radical (unpaired) electrons. The molecule has 0 spiro atoms. The highest BCUT2D eigenvalue weighted by atomic mass is 79.9. The van der Waals surface area contributed by atoms with Crippen LogP contribution in [0.4, 0.5) is 5.69 Å². The van der Waals surface area contributed by atoms with Crippen LogP contribution in [0.2, 0.25) is 0 Å². The molecule has 1 atom stereocenters. The van der Waals surface area contributed by atoms with E-state index in [1.165, 1.54) is 11.9 Å². The molecule has 9 heteroatoms. The van der Waals surface area contributed by atoms with Crippen molar-refractivity contribution >= 4 is 43.5 Å². The fourth-order valence-corrected chi connectivity index (χ4v) is 5.25. The Morgan fingerprint density at radius 3 is 2.19 bits per heavy atom. The van der Waals surface area contributed by atoms with Crippen LogP contribution in [0.3, 0.4) is 0 Å². The average molecular weight is 587 g/mol. The van der Waals surface area contributed by atoms with E-state index < -0.39 is 28.5 Å². The topological polar surface area (TPSA) is 86.8 Å². The summed E-state index contributed by atoms with van der Waals surface area (Å²) in [7, 11) is -2.27. The predicted molar refractivity (Wildman–Crippen MR) is 151 cm³/mol. The van der Waals surface area contributed by atoms with Crippen LogP contribution in [0.5, 0.6) is 0 Å². The van der Waals surface area contributed by atoms with E-state index >= 15 is 0 Å². The van der Waals surface area contributed by atoms with Gasteiger partial charge in [-0.05, 0) is 54.3 Å². The number of carbonyl (C=O) groups is 2. The Morgan fingerprint density at radius 1 is 0.946 bits per heavy atom. The normalized spacial score (nSPS) is 12.0. The number of hydrogen-bond donors (Lipinski definition) is 1. The van der Waals surface area contributed by atoms with E-state index in [1.54, 1.807) is 13.0 Å². The van der Waals surface area contributed by atoms with E-state index in [0.29, 0.717) is 5.69 Å². The molecule has 0 aliphatic carbocycles. The summed E-state index contributed by atoms with van der Waals surface area (Å²) in [4.78, 5) is 28.5. The van der Waals surface area contributed by atoms with Gasteiger partial charge in [-0.1, -0.05) is 70.5 Å². The van der Waals surface area contributed by atoms with Crippen LogP contribution in [0, 0.1) is 13.8 Å². The second-order valence-corrected chi connectivity index (χ2v) is 11.8. The minimum Gasteiger partial charge on any atom is -0.357 e. The number of amides is 2. The lowest BCUT2D eigenvalue weighted by molar-refractivity contribution is -0.139. The molecule has 37 heavy (non-hydrogen) atoms. The molecule has 7 nitrogen and oxygen atoms in total. The SMILES string of the molecule is CNC(=O)C(Cc1ccccc1)N(Cc1ccc(Br)cc1)C(=O)CN(c1cc(C)ccc1C)S(C)(=O)=O. The van der Waals surface area contributed by atoms with Crippen LogP contribution in [0.15, 0.2) is 77.3 Å². The molecule has 0 aliphatic rings. The van der Waals surface area contributed by atoms with Gasteiger partial charge in [0, 0.05) is 24.5 Å². The predicted octanol–water partition coefficient (Wildman–Crippen LogP) is 4.22. The molecule has 3 rings (SSSR count). The molecular weight excluding hydrogens is 554 g/mol. The van der Waals surface area contributed by atoms with Crippen LogP contribution >= 0.6 is 15.9 Å². The van der Waals surface area contributed by atoms with Gasteiger partial charge in [0.25, 0.3) is 0 Å². The van der Waals surface area contributed by atoms with Crippen molar-refractivity contribution in [1.82, 2.24) is 10.2 Å². The van der Waals surface area contributed by atoms with Gasteiger partial charge in [-0.3, -0.25) is 13.9 Å². The van der Waals surface area contributed by atoms with Crippen molar-refractivity contribution in [3.63, 3.8) is 0 Å². The first-order valence-electron chi connectivity index (χ1n) is 11.8. The smallest absolute Gasteiger partial charge is 0.244 e. The van der Waals surface area contributed by atoms with Gasteiger partial charge in [-0.15, -0.1) is 0 Å². The second-order valence-electron chi connectivity index (χ2n) is 9.03. The van der Waals surface area contributed by atoms with E-state index in [4.69, 9.17) is 0 Å². The number of benzene rings is 3. The molecular formula is C28H32BrN3O4S. The summed E-state index contributed by atoms with van der Waals surface area (Å²) in [5, 5.41) is 2.68. The highest BCUT2D eigenvalue weighted by Gasteiger charge is 2.33. The van der Waals surface area contributed by atoms with Crippen LogP contribution < -0.4 is 9.62 Å². The Balaban J connectivity index is 2.04. The summed E-state index contributed by atoms with van der Waals surface area (Å²) >= 11 is 3.42. The summed E-state index contributed by atoms with van der Waals surface area (Å²) < 4.78 is 27.8. The van der Waals surface area contributed by atoms with Crippen LogP contribution in [0.1, 0.15) is 22.3 Å². The van der Waals surface area contributed by atoms with Crippen molar-refractivity contribution in [2.45, 2.75) is 32.9 Å². The molecule has 0 aliphatic heterocycles. The van der Waals surface area contributed by atoms with Crippen LogP contribution in [-0.4, -0.2) is 51.0 Å². The van der Waals surface area contributed by atoms with Gasteiger partial charge in [0.15, 0.2) is 0 Å². The maximum Gasteiger partial charge on any atom is 0.244 e. The Labute approximate surface area is 227 Å². The maximum absolute atomic E-state index is 13.9. The minimum absolute atomic E-state index is 0.140. The van der Waals surface area contributed by atoms with Crippen molar-refractivity contribution in [2.75, 3.05) is 24.2 Å². The molecule has 0 aromatic heterocycles. The number of nitrogens with one attached hydrogen (secondary N) is 1. The molecule has 1 N–H and O–H groups in total. The molecule has 0 saturated heterocycles. The highest BCUT2D eigenvalue weighted by Crippen LogP contribution is 2.25. The highest BCUT2D eigenvalue weighted by molar-refractivity contribution is 9.10. The van der Waals surface area contributed by atoms with Crippen LogP contribution in [0.25, 0.3) is 0 Å². The number of rotatable bonds is 10. The molecule has 0 saturated carbocycles. The third-order valence-corrected chi connectivity index (χ3v) is 7.75. The molecule has 196 valence electrons. The molecule has 0 fully saturated rings. The van der Waals surface area contributed by atoms with Gasteiger partial charge in [0.05, 0.1) is 11.9 Å². The average Bonchev–Trinajstić information content (AvgIpc) is 2.86. The van der Waals surface area contributed by atoms with E-state index in [2.05, 4.69) is 21.2 Å². The number of carbonyl (C=O) groups excluding carboxylic acids is 2. The van der Waals surface area contributed by atoms with E-state index in [-0.39, 0.29) is 18.9 Å². The standard InChI is InChI=1S/C28H32BrN3O4S/c1-20-10-11-21(2)25(16-20)32(37(4,35)36)19-27(33)31(18-23-12-14-24(29)15-13-23)26(28(34)30-3)17-22-8-6-5-7-9-22/h5-16,26H,17-19H2,1-4H3,(H,30,34). The van der Waals surface area contributed by atoms with E-state index in [1.807, 2.05) is 73.7 Å². The third kappa shape index (κ3) is 7.66. The Morgan fingerprint density at radius 2 is 1.59 bits per heavy atom. The maximum atomic E-state index is 13.9. The molecule has 1 unspecified atom stereocenters. The lowest BCUT2D eigenvalue weighted by Crippen LogP contribution is -2.53. The first-order valence-corrected chi connectivity index (χ1v) is 14.5. The summed E-state index contributed by atoms with van der Waals surface area (Å²) in [5.41, 5.74) is 3.76. The summed E-state index contributed by atoms with van der Waals surface area (Å²) in [5.74, 6) is -0.800. The summed E-state index contributed by atoms with van der Waals surface area (Å²) in [6.45, 7) is 3.38. The lowest BCUT2D eigenvalue weighted by atomic mass is 10.0. The number of likely N-dealkylation sites (N-methyl/N-ethyl adjacent to an activating group) is 1. The van der Waals surface area contributed by atoms with Crippen LogP contribution in [-0.2, 0) is 32.6 Å². The number of halogens is 1. The van der Waals surface area contributed by atoms with Crippen molar-refractivity contribution in [2.24, 2.45) is 0 Å². The Hall–Kier alpha value is -3.17. The van der Waals surface area contributed by atoms with Crippen molar-refractivity contribution in [1.29, 1.82) is 0 Å². The fraction of sp³-hybridized carbons (Fsp3) is 0.286. The van der Waals surface area contributed by atoms with Gasteiger partial charge in [-0.2, -0.15) is 0 Å². The van der Waals surface area contributed by atoms with Gasteiger partial charge < -0.3 is 10.2 Å². The molecule has 0 heterocycles. The summed E-state index contributed by atoms with van der Waals surface area (Å²) in [6, 6.07) is 21.5. The summed E-state index contributed by atoms with van der Waals surface area (Å²) in [6.07, 6.45) is 1.37. The third-order valence-electron chi connectivity index (χ3n) is 6.10. The number of hydrogen-bond acceptors (Lipinski definition) is 4. The molecule has 0 bridgehead atoms. The first kappa shape index (κ1) is 28.4. The molecule has 2 amide bonds. The van der Waals surface area contributed by atoms with Gasteiger partial charge >= 0.3 is 0 Å². The van der Waals surface area contributed by atoms with Gasteiger partial charge in [0.2, 0.25) is 21.8 Å². The Kier molecular flexibility index (Phi) is 9.50. The van der Waals surface area contributed by atoms with Gasteiger partial charge in [-0.25, -0.2) is 8.42 Å². The first-order chi connectivity index (χ1) is 17.5. The zero-order valence-corrected chi connectivity index (χ0v) is 23.8. The fourth-order valence-electron chi connectivity index (χ4n) is 4.09. The van der Waals surface area contributed by atoms with Crippen molar-refractivity contribution < 1.29 is 18.0 Å². The Bertz CT molecular complexity index is 1350. The van der Waals surface area contributed by atoms with Gasteiger partial charge in [0.1, 0.15) is 12.6 Å². The molecule has 3 aromatic rings.